The van der Waals surface area contributed by atoms with E-state index in [1.807, 2.05) is 0 Å². The number of anilines is 1. The van der Waals surface area contributed by atoms with E-state index in [9.17, 15) is 21.6 Å². The number of amides is 1. The molecule has 1 N–H and O–H groups in total. The summed E-state index contributed by atoms with van der Waals surface area (Å²) in [4.78, 5) is 14.3. The second kappa shape index (κ2) is 8.38. The van der Waals surface area contributed by atoms with Gasteiger partial charge in [0.25, 0.3) is 0 Å². The van der Waals surface area contributed by atoms with E-state index in [0.29, 0.717) is 36.8 Å². The number of nitrogens with one attached hydrogen (secondary N) is 1. The SMILES string of the molecule is CS(=O)(=O)N1CCN(C(=O)CNc2ccc(S(=O)(=O)C3CCCC3)cc2)CC1. The molecule has 1 amide bonds. The molecule has 1 saturated heterocycles. The zero-order valence-corrected chi connectivity index (χ0v) is 17.6. The van der Waals surface area contributed by atoms with E-state index in [-0.39, 0.29) is 17.7 Å². The average Bonchev–Trinajstić information content (AvgIpc) is 3.21. The fourth-order valence-corrected chi connectivity index (χ4v) is 6.39. The average molecular weight is 430 g/mol. The molecule has 1 aromatic carbocycles. The summed E-state index contributed by atoms with van der Waals surface area (Å²) in [5, 5.41) is 2.73. The molecule has 3 rings (SSSR count). The van der Waals surface area contributed by atoms with Crippen molar-refractivity contribution in [3.8, 4) is 0 Å². The Labute approximate surface area is 166 Å². The summed E-state index contributed by atoms with van der Waals surface area (Å²) in [6, 6.07) is 6.53. The second-order valence-corrected chi connectivity index (χ2v) is 11.6. The molecule has 0 unspecified atom stereocenters. The minimum absolute atomic E-state index is 0.0770. The van der Waals surface area contributed by atoms with Crippen LogP contribution < -0.4 is 5.32 Å². The topological polar surface area (TPSA) is 104 Å². The van der Waals surface area contributed by atoms with Crippen molar-refractivity contribution in [3.05, 3.63) is 24.3 Å². The van der Waals surface area contributed by atoms with Crippen molar-refractivity contribution >= 4 is 31.5 Å². The van der Waals surface area contributed by atoms with Gasteiger partial charge in [-0.3, -0.25) is 4.79 Å². The maximum atomic E-state index is 12.6. The molecule has 0 atom stereocenters. The van der Waals surface area contributed by atoms with E-state index in [0.717, 1.165) is 25.7 Å². The highest BCUT2D eigenvalue weighted by Gasteiger charge is 2.30. The smallest absolute Gasteiger partial charge is 0.241 e. The first-order valence-corrected chi connectivity index (χ1v) is 12.9. The summed E-state index contributed by atoms with van der Waals surface area (Å²) >= 11 is 0. The number of piperazine rings is 1. The lowest BCUT2D eigenvalue weighted by atomic mass is 10.3. The van der Waals surface area contributed by atoms with Gasteiger partial charge < -0.3 is 10.2 Å². The number of carbonyl (C=O) groups excluding carboxylic acids is 1. The monoisotopic (exact) mass is 429 g/mol. The van der Waals surface area contributed by atoms with Crippen LogP contribution in [0.25, 0.3) is 0 Å². The van der Waals surface area contributed by atoms with Crippen LogP contribution in [-0.2, 0) is 24.7 Å². The maximum absolute atomic E-state index is 12.6. The minimum atomic E-state index is -3.28. The predicted octanol–water partition coefficient (Wildman–Crippen LogP) is 0.919. The van der Waals surface area contributed by atoms with Crippen LogP contribution >= 0.6 is 0 Å². The molecule has 0 spiro atoms. The molecule has 0 bridgehead atoms. The Kier molecular flexibility index (Phi) is 6.31. The van der Waals surface area contributed by atoms with Crippen LogP contribution in [-0.4, -0.2) is 76.2 Å². The lowest BCUT2D eigenvalue weighted by Gasteiger charge is -2.33. The van der Waals surface area contributed by atoms with Crippen LogP contribution in [0.15, 0.2) is 29.2 Å². The van der Waals surface area contributed by atoms with E-state index < -0.39 is 19.9 Å². The van der Waals surface area contributed by atoms with Gasteiger partial charge in [0.15, 0.2) is 9.84 Å². The summed E-state index contributed by atoms with van der Waals surface area (Å²) in [5.41, 5.74) is 0.675. The summed E-state index contributed by atoms with van der Waals surface area (Å²) in [6.07, 6.45) is 4.55. The van der Waals surface area contributed by atoms with Gasteiger partial charge in [-0.15, -0.1) is 0 Å². The molecule has 2 fully saturated rings. The molecule has 28 heavy (non-hydrogen) atoms. The summed E-state index contributed by atoms with van der Waals surface area (Å²) < 4.78 is 49.6. The fourth-order valence-electron chi connectivity index (χ4n) is 3.71. The number of hydrogen-bond donors (Lipinski definition) is 1. The number of nitrogens with zero attached hydrogens (tertiary/aromatic N) is 2. The second-order valence-electron chi connectivity index (χ2n) is 7.37. The van der Waals surface area contributed by atoms with Crippen molar-refractivity contribution in [1.29, 1.82) is 0 Å². The van der Waals surface area contributed by atoms with Crippen molar-refractivity contribution in [2.75, 3.05) is 44.3 Å². The maximum Gasteiger partial charge on any atom is 0.241 e. The molecule has 1 aliphatic heterocycles. The number of benzene rings is 1. The predicted molar refractivity (Wildman–Crippen MR) is 107 cm³/mol. The van der Waals surface area contributed by atoms with Crippen molar-refractivity contribution in [2.45, 2.75) is 35.8 Å². The molecular weight excluding hydrogens is 402 g/mol. The van der Waals surface area contributed by atoms with Crippen molar-refractivity contribution in [1.82, 2.24) is 9.21 Å². The highest BCUT2D eigenvalue weighted by atomic mass is 32.2. The molecule has 1 aliphatic carbocycles. The third-order valence-corrected chi connectivity index (χ3v) is 9.01. The van der Waals surface area contributed by atoms with E-state index in [1.165, 1.54) is 10.6 Å². The molecule has 1 aromatic rings. The number of rotatable bonds is 6. The first-order chi connectivity index (χ1) is 13.2. The third kappa shape index (κ3) is 4.84. The Morgan fingerprint density at radius 1 is 1.00 bits per heavy atom. The quantitative estimate of drug-likeness (QED) is 0.721. The minimum Gasteiger partial charge on any atom is -0.376 e. The molecule has 8 nitrogen and oxygen atoms in total. The Balaban J connectivity index is 1.52. The van der Waals surface area contributed by atoms with Gasteiger partial charge in [0.1, 0.15) is 0 Å². The summed E-state index contributed by atoms with van der Waals surface area (Å²) in [6.45, 7) is 1.42. The Bertz CT molecular complexity index is 899. The van der Waals surface area contributed by atoms with Gasteiger partial charge in [-0.1, -0.05) is 12.8 Å². The Morgan fingerprint density at radius 3 is 2.11 bits per heavy atom. The van der Waals surface area contributed by atoms with Crippen molar-refractivity contribution in [2.24, 2.45) is 0 Å². The zero-order chi connectivity index (χ0) is 20.4. The molecule has 0 radical (unpaired) electrons. The van der Waals surface area contributed by atoms with E-state index in [4.69, 9.17) is 0 Å². The third-order valence-electron chi connectivity index (χ3n) is 5.43. The zero-order valence-electron chi connectivity index (χ0n) is 16.0. The molecular formula is C18H27N3O5S2. The molecule has 1 heterocycles. The normalized spacial score (nSPS) is 19.7. The molecule has 156 valence electrons. The highest BCUT2D eigenvalue weighted by molar-refractivity contribution is 7.92. The summed E-state index contributed by atoms with van der Waals surface area (Å²) in [7, 11) is -6.50. The molecule has 2 aliphatic rings. The number of hydrogen-bond acceptors (Lipinski definition) is 6. The van der Waals surface area contributed by atoms with E-state index in [2.05, 4.69) is 5.32 Å². The van der Waals surface area contributed by atoms with E-state index in [1.54, 1.807) is 29.2 Å². The largest absolute Gasteiger partial charge is 0.376 e. The number of carbonyl (C=O) groups is 1. The standard InChI is InChI=1S/C18H27N3O5S2/c1-27(23,24)21-12-10-20(11-13-21)18(22)14-19-15-6-8-17(9-7-15)28(25,26)16-4-2-3-5-16/h6-9,16,19H,2-5,10-14H2,1H3. The Morgan fingerprint density at radius 2 is 1.57 bits per heavy atom. The van der Waals surface area contributed by atoms with Gasteiger partial charge in [0, 0.05) is 31.9 Å². The van der Waals surface area contributed by atoms with Crippen LogP contribution in [0.5, 0.6) is 0 Å². The van der Waals surface area contributed by atoms with Crippen LogP contribution in [0.1, 0.15) is 25.7 Å². The van der Waals surface area contributed by atoms with Gasteiger partial charge in [-0.05, 0) is 37.1 Å². The first-order valence-electron chi connectivity index (χ1n) is 9.48. The van der Waals surface area contributed by atoms with Crippen molar-refractivity contribution in [3.63, 3.8) is 0 Å². The van der Waals surface area contributed by atoms with Crippen molar-refractivity contribution < 1.29 is 21.6 Å². The molecule has 10 heteroatoms. The van der Waals surface area contributed by atoms with Gasteiger partial charge in [0.05, 0.1) is 22.9 Å². The lowest BCUT2D eigenvalue weighted by Crippen LogP contribution is -2.51. The van der Waals surface area contributed by atoms with E-state index >= 15 is 0 Å². The number of sulfonamides is 1. The van der Waals surface area contributed by atoms with Gasteiger partial charge in [-0.2, -0.15) is 4.31 Å². The fraction of sp³-hybridized carbons (Fsp3) is 0.611. The van der Waals surface area contributed by atoms with Crippen LogP contribution in [0.4, 0.5) is 5.69 Å². The van der Waals surface area contributed by atoms with Crippen LogP contribution in [0.2, 0.25) is 0 Å². The first kappa shape index (κ1) is 21.1. The molecule has 1 saturated carbocycles. The summed E-state index contributed by atoms with van der Waals surface area (Å²) in [5.74, 6) is -0.115. The van der Waals surface area contributed by atoms with Gasteiger partial charge in [-0.25, -0.2) is 16.8 Å². The van der Waals surface area contributed by atoms with Gasteiger partial charge in [0.2, 0.25) is 15.9 Å². The van der Waals surface area contributed by atoms with Crippen LogP contribution in [0.3, 0.4) is 0 Å². The lowest BCUT2D eigenvalue weighted by molar-refractivity contribution is -0.130. The van der Waals surface area contributed by atoms with Gasteiger partial charge >= 0.3 is 0 Å². The van der Waals surface area contributed by atoms with Crippen LogP contribution in [0, 0.1) is 0 Å². The number of sulfone groups is 1. The Hall–Kier alpha value is -1.65. The highest BCUT2D eigenvalue weighted by Crippen LogP contribution is 2.30. The molecule has 0 aromatic heterocycles.